The highest BCUT2D eigenvalue weighted by atomic mass is 31.1. The summed E-state index contributed by atoms with van der Waals surface area (Å²) in [6, 6.07) is 36.3. The molecule has 0 saturated heterocycles. The van der Waals surface area contributed by atoms with E-state index in [1.807, 2.05) is 95.7 Å². The second-order valence-electron chi connectivity index (χ2n) is 14.1. The average Bonchev–Trinajstić information content (AvgIpc) is 3.49. The summed E-state index contributed by atoms with van der Waals surface area (Å²) < 4.78 is 42.4. The molecule has 0 saturated carbocycles. The molecule has 51 heavy (non-hydrogen) atoms. The Labute approximate surface area is 302 Å². The Morgan fingerprint density at radius 3 is 1.94 bits per heavy atom. The van der Waals surface area contributed by atoms with Crippen LogP contribution in [0.4, 0.5) is 4.39 Å². The Morgan fingerprint density at radius 2 is 1.43 bits per heavy atom. The summed E-state index contributed by atoms with van der Waals surface area (Å²) >= 11 is 0. The molecule has 0 bridgehead atoms. The molecule has 0 spiro atoms. The van der Waals surface area contributed by atoms with E-state index in [2.05, 4.69) is 34.6 Å². The molecule has 1 unspecified atom stereocenters. The molecule has 5 aromatic rings. The first-order chi connectivity index (χ1) is 24.4. The first-order valence-corrected chi connectivity index (χ1v) is 20.7. The number of rotatable bonds is 16. The number of carbonyl (C=O) groups is 1. The number of halogens is 1. The minimum atomic E-state index is -3.09. The van der Waals surface area contributed by atoms with Gasteiger partial charge >= 0.3 is 14.0 Å². The fourth-order valence-electron chi connectivity index (χ4n) is 6.75. The average molecular weight is 726 g/mol. The van der Waals surface area contributed by atoms with Gasteiger partial charge in [0.05, 0.1) is 23.5 Å². The van der Waals surface area contributed by atoms with Crippen LogP contribution in [0.5, 0.6) is 0 Å². The van der Waals surface area contributed by atoms with Crippen LogP contribution >= 0.6 is 8.03 Å². The third-order valence-electron chi connectivity index (χ3n) is 9.00. The highest BCUT2D eigenvalue weighted by Gasteiger charge is 2.52. The van der Waals surface area contributed by atoms with Crippen molar-refractivity contribution in [3.63, 3.8) is 0 Å². The minimum absolute atomic E-state index is 0.0455. The van der Waals surface area contributed by atoms with Gasteiger partial charge in [-0.15, -0.1) is 4.52 Å². The van der Waals surface area contributed by atoms with Gasteiger partial charge in [0.1, 0.15) is 18.5 Å². The van der Waals surface area contributed by atoms with Gasteiger partial charge in [0, 0.05) is 11.1 Å². The van der Waals surface area contributed by atoms with Crippen molar-refractivity contribution >= 4 is 32.7 Å². The van der Waals surface area contributed by atoms with Crippen molar-refractivity contribution in [1.29, 1.82) is 0 Å². The van der Waals surface area contributed by atoms with Crippen molar-refractivity contribution < 1.29 is 27.8 Å². The Kier molecular flexibility index (Phi) is 12.5. The van der Waals surface area contributed by atoms with Crippen LogP contribution in [0.15, 0.2) is 115 Å². The second-order valence-corrected chi connectivity index (χ2v) is 19.6. The van der Waals surface area contributed by atoms with Gasteiger partial charge in [0.2, 0.25) is 6.16 Å². The molecule has 2 atom stereocenters. The smallest absolute Gasteiger partial charge is 0.481 e. The summed E-state index contributed by atoms with van der Waals surface area (Å²) in [7, 11) is -5.34. The van der Waals surface area contributed by atoms with E-state index in [9.17, 15) is 18.9 Å². The van der Waals surface area contributed by atoms with E-state index in [-0.39, 0.29) is 36.0 Å². The summed E-state index contributed by atoms with van der Waals surface area (Å²) in [5.41, 5.74) is 4.59. The maximum absolute atomic E-state index is 14.0. The molecule has 0 aliphatic carbocycles. The van der Waals surface area contributed by atoms with E-state index in [1.54, 1.807) is 12.1 Å². The molecule has 0 aliphatic rings. The third-order valence-corrected chi connectivity index (χ3v) is 15.3. The number of nitrogens with zero attached hydrogens (tertiary/aromatic N) is 2. The van der Waals surface area contributed by atoms with Crippen LogP contribution < -0.4 is 10.4 Å². The highest BCUT2D eigenvalue weighted by Crippen LogP contribution is 2.39. The standard InChI is InChI=1S/C41H46FN2O5PSi/c1-30(2)39-37(40(31-23-25-32(42)26-24-31)44(43-39)33-16-9-6-10-17-33)22-15-27-48-50(47)29-34(28-38(45)46)49-51(41(3,4)5,35-18-11-7-12-19-35)36-20-13-8-14-21-36/h6-14,16-21,23-26,30,34H,15,22,27-29H2,1-5H3/p+1/t34-/m0/s1. The second kappa shape index (κ2) is 16.8. The van der Waals surface area contributed by atoms with Crippen molar-refractivity contribution in [1.82, 2.24) is 9.78 Å². The molecule has 0 amide bonds. The lowest BCUT2D eigenvalue weighted by Gasteiger charge is -2.44. The highest BCUT2D eigenvalue weighted by molar-refractivity contribution is 7.39. The number of carboxylic acids is 1. The van der Waals surface area contributed by atoms with Crippen molar-refractivity contribution in [2.45, 2.75) is 70.9 Å². The van der Waals surface area contributed by atoms with Gasteiger partial charge in [-0.3, -0.25) is 4.79 Å². The Hall–Kier alpha value is -4.27. The number of hydrogen-bond donors (Lipinski definition) is 1. The van der Waals surface area contributed by atoms with Crippen LogP contribution in [0.3, 0.4) is 0 Å². The number of carboxylic acid groups (broad SMARTS) is 1. The van der Waals surface area contributed by atoms with Gasteiger partial charge < -0.3 is 9.53 Å². The van der Waals surface area contributed by atoms with E-state index in [4.69, 9.17) is 14.0 Å². The molecule has 7 nitrogen and oxygen atoms in total. The number of aromatic nitrogens is 2. The van der Waals surface area contributed by atoms with Crippen LogP contribution in [0, 0.1) is 5.82 Å². The van der Waals surface area contributed by atoms with Crippen LogP contribution in [0.1, 0.15) is 64.6 Å². The molecular formula is C41H47FN2O5PSi+. The molecule has 1 N–H and O–H groups in total. The zero-order valence-electron chi connectivity index (χ0n) is 30.0. The Balaban J connectivity index is 1.36. The van der Waals surface area contributed by atoms with Gasteiger partial charge in [0.25, 0.3) is 8.32 Å². The fourth-order valence-corrected chi connectivity index (χ4v) is 12.5. The lowest BCUT2D eigenvalue weighted by Crippen LogP contribution is -2.68. The molecule has 1 heterocycles. The fraction of sp³-hybridized carbons (Fsp3) is 0.317. The van der Waals surface area contributed by atoms with Crippen LogP contribution in [0.2, 0.25) is 5.04 Å². The van der Waals surface area contributed by atoms with Gasteiger partial charge in [-0.05, 0) is 75.1 Å². The lowest BCUT2D eigenvalue weighted by atomic mass is 9.97. The van der Waals surface area contributed by atoms with E-state index in [1.165, 1.54) is 12.1 Å². The first kappa shape index (κ1) is 38.0. The molecule has 10 heteroatoms. The quantitative estimate of drug-likeness (QED) is 0.0621. The predicted molar refractivity (Wildman–Crippen MR) is 205 cm³/mol. The number of aliphatic carboxylic acids is 1. The number of para-hydroxylation sites is 1. The van der Waals surface area contributed by atoms with E-state index in [0.29, 0.717) is 12.8 Å². The van der Waals surface area contributed by atoms with E-state index >= 15 is 0 Å². The summed E-state index contributed by atoms with van der Waals surface area (Å²) in [4.78, 5) is 12.1. The Bertz CT molecular complexity index is 1860. The summed E-state index contributed by atoms with van der Waals surface area (Å²) in [6.07, 6.45) is -0.0380. The van der Waals surface area contributed by atoms with Gasteiger partial charge in [-0.1, -0.05) is 113 Å². The summed E-state index contributed by atoms with van der Waals surface area (Å²) in [6.45, 7) is 10.8. The van der Waals surface area contributed by atoms with Crippen molar-refractivity contribution in [2.24, 2.45) is 0 Å². The van der Waals surface area contributed by atoms with Crippen molar-refractivity contribution in [3.8, 4) is 16.9 Å². The lowest BCUT2D eigenvalue weighted by molar-refractivity contribution is -0.138. The van der Waals surface area contributed by atoms with Crippen LogP contribution in [-0.2, 0) is 24.7 Å². The Morgan fingerprint density at radius 1 is 0.882 bits per heavy atom. The topological polar surface area (TPSA) is 90.7 Å². The van der Waals surface area contributed by atoms with Gasteiger partial charge in [-0.25, -0.2) is 9.07 Å². The largest absolute Gasteiger partial charge is 0.510 e. The summed E-state index contributed by atoms with van der Waals surface area (Å²) in [5, 5.41) is 16.6. The van der Waals surface area contributed by atoms with Crippen molar-refractivity contribution in [2.75, 3.05) is 12.8 Å². The molecule has 0 radical (unpaired) electrons. The molecule has 5 rings (SSSR count). The molecule has 0 aliphatic heterocycles. The molecular weight excluding hydrogens is 679 g/mol. The first-order valence-electron chi connectivity index (χ1n) is 17.4. The third kappa shape index (κ3) is 8.97. The maximum atomic E-state index is 14.0. The van der Waals surface area contributed by atoms with E-state index in [0.717, 1.165) is 38.6 Å². The zero-order valence-corrected chi connectivity index (χ0v) is 31.9. The molecule has 0 fully saturated rings. The van der Waals surface area contributed by atoms with Crippen molar-refractivity contribution in [3.05, 3.63) is 132 Å². The molecule has 4 aromatic carbocycles. The monoisotopic (exact) mass is 725 g/mol. The summed E-state index contributed by atoms with van der Waals surface area (Å²) in [5.74, 6) is -1.21. The van der Waals surface area contributed by atoms with Crippen LogP contribution in [-0.4, -0.2) is 48.0 Å². The minimum Gasteiger partial charge on any atom is -0.481 e. The van der Waals surface area contributed by atoms with E-state index < -0.39 is 28.4 Å². The van der Waals surface area contributed by atoms with Gasteiger partial charge in [0.15, 0.2) is 0 Å². The zero-order chi connectivity index (χ0) is 36.6. The SMILES string of the molecule is CC(C)c1nn(-c2ccccc2)c(-c2ccc(F)cc2)c1CCCO[P+](=O)C[C@H](CC(=O)O)O[Si](c1ccccc1)(c1ccccc1)C(C)(C)C. The predicted octanol–water partition coefficient (Wildman–Crippen LogP) is 8.91. The number of hydrogen-bond acceptors (Lipinski definition) is 5. The normalized spacial score (nSPS) is 13.0. The van der Waals surface area contributed by atoms with Crippen LogP contribution in [0.25, 0.3) is 16.9 Å². The molecule has 266 valence electrons. The maximum Gasteiger partial charge on any atom is 0.510 e. The van der Waals surface area contributed by atoms with Gasteiger partial charge in [-0.2, -0.15) is 5.10 Å². The molecule has 1 aromatic heterocycles. The number of benzene rings is 4.